The molecule has 0 aromatic carbocycles. The molecule has 90 valence electrons. The van der Waals surface area contributed by atoms with Gasteiger partial charge in [-0.3, -0.25) is 4.90 Å². The predicted octanol–water partition coefficient (Wildman–Crippen LogP) is 2.62. The van der Waals surface area contributed by atoms with Gasteiger partial charge in [0.2, 0.25) is 0 Å². The van der Waals surface area contributed by atoms with Gasteiger partial charge in [0.15, 0.2) is 0 Å². The van der Waals surface area contributed by atoms with Crippen LogP contribution in [0.2, 0.25) is 0 Å². The molecule has 1 aliphatic heterocycles. The monoisotopic (exact) mass is 212 g/mol. The van der Waals surface area contributed by atoms with E-state index < -0.39 is 0 Å². The van der Waals surface area contributed by atoms with Gasteiger partial charge >= 0.3 is 0 Å². The zero-order valence-electron chi connectivity index (χ0n) is 10.9. The lowest BCUT2D eigenvalue weighted by Gasteiger charge is -2.44. The molecule has 0 saturated carbocycles. The van der Waals surface area contributed by atoms with Crippen LogP contribution in [0.3, 0.4) is 0 Å². The molecule has 1 rings (SSSR count). The molecule has 0 radical (unpaired) electrons. The second kappa shape index (κ2) is 5.86. The number of piperidine rings is 1. The molecule has 15 heavy (non-hydrogen) atoms. The van der Waals surface area contributed by atoms with Crippen molar-refractivity contribution >= 4 is 0 Å². The summed E-state index contributed by atoms with van der Waals surface area (Å²) in [6.45, 7) is 10.2. The van der Waals surface area contributed by atoms with Crippen molar-refractivity contribution in [1.29, 1.82) is 0 Å². The summed E-state index contributed by atoms with van der Waals surface area (Å²) in [4.78, 5) is 2.67. The molecule has 2 nitrogen and oxygen atoms in total. The average Bonchev–Trinajstić information content (AvgIpc) is 2.15. The molecule has 0 spiro atoms. The maximum absolute atomic E-state index is 5.88. The van der Waals surface area contributed by atoms with Crippen LogP contribution in [0.5, 0.6) is 0 Å². The van der Waals surface area contributed by atoms with Crippen molar-refractivity contribution in [3.8, 4) is 0 Å². The van der Waals surface area contributed by atoms with Gasteiger partial charge in [0.1, 0.15) is 0 Å². The molecular weight excluding hydrogens is 184 g/mol. The summed E-state index contributed by atoms with van der Waals surface area (Å²) in [6.07, 6.45) is 5.29. The Morgan fingerprint density at radius 3 is 2.47 bits per heavy atom. The third-order valence-electron chi connectivity index (χ3n) is 3.68. The maximum Gasteiger partial charge on any atom is 0.0224 e. The fourth-order valence-corrected chi connectivity index (χ4v) is 3.14. The number of hydrogen-bond acceptors (Lipinski definition) is 2. The third-order valence-corrected chi connectivity index (χ3v) is 3.68. The summed E-state index contributed by atoms with van der Waals surface area (Å²) in [7, 11) is 0. The second-order valence-electron chi connectivity index (χ2n) is 5.60. The van der Waals surface area contributed by atoms with Crippen LogP contribution in [-0.4, -0.2) is 29.6 Å². The molecule has 1 saturated heterocycles. The molecule has 0 bridgehead atoms. The van der Waals surface area contributed by atoms with E-state index in [9.17, 15) is 0 Å². The van der Waals surface area contributed by atoms with Crippen LogP contribution in [-0.2, 0) is 0 Å². The number of hydrogen-bond donors (Lipinski definition) is 1. The van der Waals surface area contributed by atoms with E-state index in [0.29, 0.717) is 12.1 Å². The zero-order chi connectivity index (χ0) is 11.4. The average molecular weight is 212 g/mol. The Hall–Kier alpha value is -0.0800. The van der Waals surface area contributed by atoms with Crippen molar-refractivity contribution in [3.05, 3.63) is 0 Å². The van der Waals surface area contributed by atoms with E-state index in [0.717, 1.165) is 18.5 Å². The van der Waals surface area contributed by atoms with Crippen LogP contribution in [0.1, 0.15) is 53.4 Å². The number of nitrogens with zero attached hydrogens (tertiary/aromatic N) is 1. The highest BCUT2D eigenvalue weighted by molar-refractivity contribution is 4.86. The highest BCUT2D eigenvalue weighted by Crippen LogP contribution is 2.26. The van der Waals surface area contributed by atoms with Crippen LogP contribution >= 0.6 is 0 Å². The van der Waals surface area contributed by atoms with Gasteiger partial charge in [-0.15, -0.1) is 0 Å². The third kappa shape index (κ3) is 3.46. The van der Waals surface area contributed by atoms with E-state index in [1.807, 2.05) is 0 Å². The zero-order valence-corrected chi connectivity index (χ0v) is 10.9. The van der Waals surface area contributed by atoms with Gasteiger partial charge in [0.25, 0.3) is 0 Å². The molecule has 0 aromatic rings. The topological polar surface area (TPSA) is 29.3 Å². The molecule has 0 aliphatic carbocycles. The number of nitrogens with two attached hydrogens (primary N) is 1. The highest BCUT2D eigenvalue weighted by Gasteiger charge is 2.30. The molecule has 0 amide bonds. The highest BCUT2D eigenvalue weighted by atomic mass is 15.2. The summed E-state index contributed by atoms with van der Waals surface area (Å²) in [6, 6.07) is 2.04. The van der Waals surface area contributed by atoms with E-state index in [-0.39, 0.29) is 0 Å². The van der Waals surface area contributed by atoms with Crippen LogP contribution in [0.15, 0.2) is 0 Å². The first kappa shape index (κ1) is 13.0. The second-order valence-corrected chi connectivity index (χ2v) is 5.60. The van der Waals surface area contributed by atoms with Crippen molar-refractivity contribution in [2.45, 2.75) is 71.5 Å². The number of rotatable bonds is 4. The van der Waals surface area contributed by atoms with Gasteiger partial charge in [0, 0.05) is 24.7 Å². The van der Waals surface area contributed by atoms with Crippen LogP contribution in [0, 0.1) is 5.92 Å². The Morgan fingerprint density at radius 1 is 1.27 bits per heavy atom. The first-order chi connectivity index (χ1) is 7.06. The summed E-state index contributed by atoms with van der Waals surface area (Å²) in [5.41, 5.74) is 5.88. The largest absolute Gasteiger partial charge is 0.329 e. The first-order valence-corrected chi connectivity index (χ1v) is 6.53. The van der Waals surface area contributed by atoms with Gasteiger partial charge in [0.05, 0.1) is 0 Å². The Bertz CT molecular complexity index is 179. The minimum atomic E-state index is 0.627. The molecule has 2 heteroatoms. The molecule has 1 fully saturated rings. The summed E-state index contributed by atoms with van der Waals surface area (Å²) >= 11 is 0. The van der Waals surface area contributed by atoms with E-state index >= 15 is 0 Å². The summed E-state index contributed by atoms with van der Waals surface area (Å²) in [5.74, 6) is 0.785. The maximum atomic E-state index is 5.88. The fraction of sp³-hybridized carbons (Fsp3) is 1.00. The molecule has 3 atom stereocenters. The van der Waals surface area contributed by atoms with E-state index in [1.165, 1.54) is 25.7 Å². The van der Waals surface area contributed by atoms with E-state index in [1.54, 1.807) is 0 Å². The summed E-state index contributed by atoms with van der Waals surface area (Å²) < 4.78 is 0. The van der Waals surface area contributed by atoms with Crippen molar-refractivity contribution in [2.24, 2.45) is 11.7 Å². The lowest BCUT2D eigenvalue weighted by Crippen LogP contribution is -2.53. The van der Waals surface area contributed by atoms with Crippen LogP contribution < -0.4 is 5.73 Å². The first-order valence-electron chi connectivity index (χ1n) is 6.53. The Kier molecular flexibility index (Phi) is 5.07. The minimum absolute atomic E-state index is 0.627. The van der Waals surface area contributed by atoms with Gasteiger partial charge in [-0.2, -0.15) is 0 Å². The summed E-state index contributed by atoms with van der Waals surface area (Å²) in [5, 5.41) is 0. The molecule has 0 aromatic heterocycles. The predicted molar refractivity (Wildman–Crippen MR) is 66.9 cm³/mol. The van der Waals surface area contributed by atoms with E-state index in [4.69, 9.17) is 5.73 Å². The van der Waals surface area contributed by atoms with Crippen molar-refractivity contribution < 1.29 is 0 Å². The SMILES string of the molecule is CC(C)CC(C)N1C(C)CCCC1CN. The fourth-order valence-electron chi connectivity index (χ4n) is 3.14. The molecule has 1 heterocycles. The van der Waals surface area contributed by atoms with Gasteiger partial charge in [-0.05, 0) is 39.0 Å². The van der Waals surface area contributed by atoms with Gasteiger partial charge in [-0.1, -0.05) is 20.3 Å². The Balaban J connectivity index is 2.60. The van der Waals surface area contributed by atoms with E-state index in [2.05, 4.69) is 32.6 Å². The molecule has 1 aliphatic rings. The van der Waals surface area contributed by atoms with Gasteiger partial charge < -0.3 is 5.73 Å². The van der Waals surface area contributed by atoms with Gasteiger partial charge in [-0.25, -0.2) is 0 Å². The molecular formula is C13H28N2. The van der Waals surface area contributed by atoms with Crippen LogP contribution in [0.4, 0.5) is 0 Å². The van der Waals surface area contributed by atoms with Crippen LogP contribution in [0.25, 0.3) is 0 Å². The Labute approximate surface area is 95.2 Å². The molecule has 3 unspecified atom stereocenters. The number of likely N-dealkylation sites (tertiary alicyclic amines) is 1. The van der Waals surface area contributed by atoms with Crippen molar-refractivity contribution in [2.75, 3.05) is 6.54 Å². The van der Waals surface area contributed by atoms with Crippen molar-refractivity contribution in [1.82, 2.24) is 4.90 Å². The lowest BCUT2D eigenvalue weighted by atomic mass is 9.92. The Morgan fingerprint density at radius 2 is 1.93 bits per heavy atom. The minimum Gasteiger partial charge on any atom is -0.329 e. The smallest absolute Gasteiger partial charge is 0.0224 e. The molecule has 2 N–H and O–H groups in total. The quantitative estimate of drug-likeness (QED) is 0.776. The standard InChI is InChI=1S/C13H28N2/c1-10(2)8-12(4)15-11(3)6-5-7-13(15)9-14/h10-13H,5-9,14H2,1-4H3. The normalized spacial score (nSPS) is 30.8. The van der Waals surface area contributed by atoms with Crippen molar-refractivity contribution in [3.63, 3.8) is 0 Å². The lowest BCUT2D eigenvalue weighted by molar-refractivity contribution is 0.0486.